The van der Waals surface area contributed by atoms with Gasteiger partial charge in [0.2, 0.25) is 0 Å². The highest BCUT2D eigenvalue weighted by Gasteiger charge is 2.10. The first-order valence-corrected chi connectivity index (χ1v) is 7.46. The molecule has 1 aromatic heterocycles. The van der Waals surface area contributed by atoms with Crippen molar-refractivity contribution in [3.8, 4) is 0 Å². The van der Waals surface area contributed by atoms with Gasteiger partial charge in [0.1, 0.15) is 0 Å². The van der Waals surface area contributed by atoms with E-state index in [0.29, 0.717) is 16.5 Å². The summed E-state index contributed by atoms with van der Waals surface area (Å²) in [6.45, 7) is -0.00272. The number of carbonyl (C=O) groups excluding carboxylic acids is 1. The summed E-state index contributed by atoms with van der Waals surface area (Å²) in [6, 6.07) is 14.4. The third-order valence-corrected chi connectivity index (χ3v) is 3.87. The van der Waals surface area contributed by atoms with Crippen LogP contribution in [-0.2, 0) is 6.54 Å². The van der Waals surface area contributed by atoms with Gasteiger partial charge in [-0.2, -0.15) is 0 Å². The molecule has 0 unspecified atom stereocenters. The molecule has 5 heteroatoms. The molecule has 0 spiro atoms. The molecule has 0 aliphatic heterocycles. The van der Waals surface area contributed by atoms with E-state index in [9.17, 15) is 9.59 Å². The summed E-state index contributed by atoms with van der Waals surface area (Å²) in [5, 5.41) is 0.533. The summed E-state index contributed by atoms with van der Waals surface area (Å²) in [4.78, 5) is 28.8. The van der Waals surface area contributed by atoms with Crippen molar-refractivity contribution in [1.29, 1.82) is 0 Å². The molecule has 4 nitrogen and oxygen atoms in total. The average molecular weight is 390 g/mol. The maximum Gasteiger partial charge on any atom is 0.261 e. The lowest BCUT2D eigenvalue weighted by molar-refractivity contribution is 0.0970. The molecule has 104 valence electrons. The van der Waals surface area contributed by atoms with E-state index in [1.807, 2.05) is 18.2 Å². The van der Waals surface area contributed by atoms with Crippen LogP contribution in [0.2, 0.25) is 0 Å². The summed E-state index contributed by atoms with van der Waals surface area (Å²) in [6.07, 6.45) is 1.43. The highest BCUT2D eigenvalue weighted by atomic mass is 127. The SMILES string of the molecule is O=C(Cn1cnc2ccc(I)cc2c1=O)c1ccccc1. The third-order valence-electron chi connectivity index (χ3n) is 3.20. The summed E-state index contributed by atoms with van der Waals surface area (Å²) < 4.78 is 2.32. The molecule has 2 aromatic carbocycles. The topological polar surface area (TPSA) is 52.0 Å². The van der Waals surface area contributed by atoms with Crippen LogP contribution in [0.1, 0.15) is 10.4 Å². The van der Waals surface area contributed by atoms with Crippen molar-refractivity contribution >= 4 is 39.3 Å². The Kier molecular flexibility index (Phi) is 3.83. The first kappa shape index (κ1) is 13.9. The van der Waals surface area contributed by atoms with Gasteiger partial charge < -0.3 is 0 Å². The van der Waals surface area contributed by atoms with Crippen molar-refractivity contribution < 1.29 is 4.79 Å². The predicted molar refractivity (Wildman–Crippen MR) is 89.5 cm³/mol. The lowest BCUT2D eigenvalue weighted by Crippen LogP contribution is -2.24. The number of hydrogen-bond acceptors (Lipinski definition) is 3. The van der Waals surface area contributed by atoms with Gasteiger partial charge in [-0.3, -0.25) is 14.2 Å². The van der Waals surface area contributed by atoms with Gasteiger partial charge in [0.05, 0.1) is 23.8 Å². The fraction of sp³-hybridized carbons (Fsp3) is 0.0625. The molecule has 0 atom stereocenters. The number of aromatic nitrogens is 2. The molecule has 0 amide bonds. The Balaban J connectivity index is 2.00. The van der Waals surface area contributed by atoms with E-state index < -0.39 is 0 Å². The van der Waals surface area contributed by atoms with E-state index in [1.54, 1.807) is 30.3 Å². The molecule has 0 saturated heterocycles. The minimum Gasteiger partial charge on any atom is -0.292 e. The molecule has 21 heavy (non-hydrogen) atoms. The van der Waals surface area contributed by atoms with E-state index in [1.165, 1.54) is 10.9 Å². The monoisotopic (exact) mass is 390 g/mol. The summed E-state index contributed by atoms with van der Waals surface area (Å²) in [7, 11) is 0. The van der Waals surface area contributed by atoms with Gasteiger partial charge in [-0.05, 0) is 40.8 Å². The van der Waals surface area contributed by atoms with Crippen LogP contribution in [0.15, 0.2) is 59.7 Å². The average Bonchev–Trinajstić information content (AvgIpc) is 2.51. The third kappa shape index (κ3) is 2.87. The molecule has 0 saturated carbocycles. The highest BCUT2D eigenvalue weighted by molar-refractivity contribution is 14.1. The van der Waals surface area contributed by atoms with Gasteiger partial charge in [0.25, 0.3) is 5.56 Å². The molecule has 0 aliphatic carbocycles. The molecule has 0 radical (unpaired) electrons. The van der Waals surface area contributed by atoms with Crippen LogP contribution < -0.4 is 5.56 Å². The van der Waals surface area contributed by atoms with Gasteiger partial charge in [-0.1, -0.05) is 30.3 Å². The number of rotatable bonds is 3. The number of ketones is 1. The van der Waals surface area contributed by atoms with E-state index in [2.05, 4.69) is 27.6 Å². The largest absolute Gasteiger partial charge is 0.292 e. The van der Waals surface area contributed by atoms with Crippen molar-refractivity contribution in [2.75, 3.05) is 0 Å². The molecule has 3 rings (SSSR count). The van der Waals surface area contributed by atoms with Crippen LogP contribution in [0.25, 0.3) is 10.9 Å². The van der Waals surface area contributed by atoms with E-state index in [-0.39, 0.29) is 17.9 Å². The van der Waals surface area contributed by atoms with Gasteiger partial charge in [0, 0.05) is 9.13 Å². The maximum atomic E-state index is 12.4. The number of halogens is 1. The normalized spacial score (nSPS) is 10.7. The van der Waals surface area contributed by atoms with E-state index in [4.69, 9.17) is 0 Å². The first-order valence-electron chi connectivity index (χ1n) is 6.38. The zero-order chi connectivity index (χ0) is 14.8. The van der Waals surface area contributed by atoms with Gasteiger partial charge in [-0.15, -0.1) is 0 Å². The van der Waals surface area contributed by atoms with Crippen LogP contribution in [0.3, 0.4) is 0 Å². The second kappa shape index (κ2) is 5.77. The Hall–Kier alpha value is -2.02. The van der Waals surface area contributed by atoms with Crippen molar-refractivity contribution in [2.24, 2.45) is 0 Å². The number of benzene rings is 2. The smallest absolute Gasteiger partial charge is 0.261 e. The van der Waals surface area contributed by atoms with Gasteiger partial charge in [-0.25, -0.2) is 4.98 Å². The number of fused-ring (bicyclic) bond motifs is 1. The Morgan fingerprint density at radius 1 is 1.14 bits per heavy atom. The van der Waals surface area contributed by atoms with E-state index in [0.717, 1.165) is 3.57 Å². The predicted octanol–water partition coefficient (Wildman–Crippen LogP) is 2.88. The van der Waals surface area contributed by atoms with Crippen LogP contribution in [-0.4, -0.2) is 15.3 Å². The molecular weight excluding hydrogens is 379 g/mol. The van der Waals surface area contributed by atoms with Crippen molar-refractivity contribution in [2.45, 2.75) is 6.54 Å². The minimum atomic E-state index is -0.192. The van der Waals surface area contributed by atoms with Gasteiger partial charge in [0.15, 0.2) is 5.78 Å². The Bertz CT molecular complexity index is 872. The number of nitrogens with zero attached hydrogens (tertiary/aromatic N) is 2. The Morgan fingerprint density at radius 3 is 2.67 bits per heavy atom. The molecule has 1 heterocycles. The summed E-state index contributed by atoms with van der Waals surface area (Å²) in [5.74, 6) is -0.107. The number of Topliss-reactive ketones (excluding diaryl/α,β-unsaturated/α-hetero) is 1. The Morgan fingerprint density at radius 2 is 1.90 bits per heavy atom. The second-order valence-corrected chi connectivity index (χ2v) is 5.87. The first-order chi connectivity index (χ1) is 10.1. The molecule has 0 fully saturated rings. The lowest BCUT2D eigenvalue weighted by atomic mass is 10.1. The number of hydrogen-bond donors (Lipinski definition) is 0. The molecule has 0 bridgehead atoms. The molecule has 0 aliphatic rings. The fourth-order valence-electron chi connectivity index (χ4n) is 2.11. The van der Waals surface area contributed by atoms with E-state index >= 15 is 0 Å². The summed E-state index contributed by atoms with van der Waals surface area (Å²) in [5.41, 5.74) is 1.04. The standard InChI is InChI=1S/C16H11IN2O2/c17-12-6-7-14-13(8-12)16(21)19(10-18-14)9-15(20)11-4-2-1-3-5-11/h1-8,10H,9H2. The zero-order valence-corrected chi connectivity index (χ0v) is 13.1. The lowest BCUT2D eigenvalue weighted by Gasteiger charge is -2.06. The van der Waals surface area contributed by atoms with Crippen LogP contribution >= 0.6 is 22.6 Å². The summed E-state index contributed by atoms with van der Waals surface area (Å²) >= 11 is 2.15. The van der Waals surface area contributed by atoms with Crippen LogP contribution in [0, 0.1) is 3.57 Å². The fourth-order valence-corrected chi connectivity index (χ4v) is 2.61. The van der Waals surface area contributed by atoms with Crippen LogP contribution in [0.4, 0.5) is 0 Å². The minimum absolute atomic E-state index is 0.00272. The Labute approximate surface area is 134 Å². The quantitative estimate of drug-likeness (QED) is 0.511. The van der Waals surface area contributed by atoms with Crippen molar-refractivity contribution in [3.63, 3.8) is 0 Å². The zero-order valence-electron chi connectivity index (χ0n) is 11.0. The van der Waals surface area contributed by atoms with Crippen molar-refractivity contribution in [1.82, 2.24) is 9.55 Å². The van der Waals surface area contributed by atoms with Gasteiger partial charge >= 0.3 is 0 Å². The maximum absolute atomic E-state index is 12.4. The molecule has 3 aromatic rings. The van der Waals surface area contributed by atoms with Crippen LogP contribution in [0.5, 0.6) is 0 Å². The highest BCUT2D eigenvalue weighted by Crippen LogP contribution is 2.12. The second-order valence-electron chi connectivity index (χ2n) is 4.63. The molecular formula is C16H11IN2O2. The molecule has 0 N–H and O–H groups in total. The number of carbonyl (C=O) groups is 1. The van der Waals surface area contributed by atoms with Crippen molar-refractivity contribution in [3.05, 3.63) is 74.3 Å².